The van der Waals surface area contributed by atoms with Crippen LogP contribution in [0.5, 0.6) is 0 Å². The van der Waals surface area contributed by atoms with Crippen molar-refractivity contribution in [3.63, 3.8) is 0 Å². The maximum Gasteiger partial charge on any atom is 0.286 e. The molecule has 2 aromatic rings. The molecule has 0 aliphatic rings. The van der Waals surface area contributed by atoms with Gasteiger partial charge in [0.2, 0.25) is 0 Å². The quantitative estimate of drug-likeness (QED) is 0.805. The number of hydrogen-bond donors (Lipinski definition) is 1. The molecule has 0 bridgehead atoms. The smallest absolute Gasteiger partial charge is 0.286 e. The van der Waals surface area contributed by atoms with Crippen LogP contribution in [0.3, 0.4) is 0 Å². The number of rotatable bonds is 3. The minimum absolute atomic E-state index is 0.0471. The summed E-state index contributed by atoms with van der Waals surface area (Å²) in [5.74, 6) is 4.84. The van der Waals surface area contributed by atoms with Crippen LogP contribution in [0.1, 0.15) is 22.3 Å². The van der Waals surface area contributed by atoms with E-state index in [1.165, 1.54) is 42.9 Å². The van der Waals surface area contributed by atoms with E-state index in [2.05, 4.69) is 21.2 Å². The van der Waals surface area contributed by atoms with Gasteiger partial charge in [0.05, 0.1) is 26.8 Å². The van der Waals surface area contributed by atoms with E-state index in [0.29, 0.717) is 22.0 Å². The number of carbonyl (C=O) groups excluding carboxylic acids is 1. The average Bonchev–Trinajstić information content (AvgIpc) is 2.54. The van der Waals surface area contributed by atoms with Crippen molar-refractivity contribution < 1.29 is 14.1 Å². The third-order valence-electron chi connectivity index (χ3n) is 2.99. The van der Waals surface area contributed by atoms with Crippen LogP contribution in [0.25, 0.3) is 0 Å². The van der Waals surface area contributed by atoms with E-state index in [1.807, 2.05) is 0 Å². The molecule has 0 saturated carbocycles. The van der Waals surface area contributed by atoms with E-state index in [0.717, 1.165) is 0 Å². The molecule has 0 aliphatic carbocycles. The Labute approximate surface area is 156 Å². The van der Waals surface area contributed by atoms with E-state index >= 15 is 0 Å². The molecule has 1 N–H and O–H groups in total. The van der Waals surface area contributed by atoms with Gasteiger partial charge in [-0.2, -0.15) is 4.36 Å². The number of aliphatic hydroxyl groups excluding tert-OH is 1. The van der Waals surface area contributed by atoms with Crippen molar-refractivity contribution in [2.45, 2.75) is 11.3 Å². The number of carbonyl (C=O) groups is 1. The van der Waals surface area contributed by atoms with Crippen molar-refractivity contribution in [1.82, 2.24) is 4.98 Å². The molecule has 0 aliphatic heterocycles. The summed E-state index contributed by atoms with van der Waals surface area (Å²) < 4.78 is 16.6. The van der Waals surface area contributed by atoms with Crippen LogP contribution in [0.4, 0.5) is 0 Å². The molecule has 0 spiro atoms. The fraction of sp³-hybridized carbons (Fsp3) is 0.176. The first kappa shape index (κ1) is 19.4. The van der Waals surface area contributed by atoms with Gasteiger partial charge in [-0.3, -0.25) is 9.78 Å². The summed E-state index contributed by atoms with van der Waals surface area (Å²) in [6.07, 6.45) is 4.47. The zero-order valence-electron chi connectivity index (χ0n) is 13.2. The van der Waals surface area contributed by atoms with Crippen molar-refractivity contribution in [3.05, 3.63) is 57.8 Å². The number of hydrogen-bond acceptors (Lipinski definition) is 4. The largest absolute Gasteiger partial charge is 0.395 e. The molecule has 2 rings (SSSR count). The molecule has 1 aromatic heterocycles. The van der Waals surface area contributed by atoms with E-state index in [4.69, 9.17) is 28.3 Å². The van der Waals surface area contributed by atoms with E-state index in [9.17, 15) is 9.00 Å². The molecule has 8 heteroatoms. The van der Waals surface area contributed by atoms with Crippen LogP contribution in [0, 0.1) is 11.8 Å². The monoisotopic (exact) mass is 396 g/mol. The van der Waals surface area contributed by atoms with Crippen LogP contribution in [0.15, 0.2) is 45.9 Å². The summed E-state index contributed by atoms with van der Waals surface area (Å²) in [6.45, 7) is -0.0471. The molecule has 0 fully saturated rings. The molecule has 25 heavy (non-hydrogen) atoms. The summed E-state index contributed by atoms with van der Waals surface area (Å²) in [6, 6.07) is 5.93. The van der Waals surface area contributed by atoms with Gasteiger partial charge >= 0.3 is 0 Å². The lowest BCUT2D eigenvalue weighted by Crippen LogP contribution is -2.04. The topological polar surface area (TPSA) is 79.6 Å². The first-order valence-corrected chi connectivity index (χ1v) is 9.77. The maximum absolute atomic E-state index is 12.8. The Kier molecular flexibility index (Phi) is 6.57. The summed E-state index contributed by atoms with van der Waals surface area (Å²) >= 11 is 11.8. The standard InChI is InChI=1S/C17H14Cl2N2O3S/c1-25(24,16-8-14(18)7-15(19)9-16)21-17(23)13-6-12(10-20-11-13)4-2-3-5-22/h6-11,22H,3,5H2,1H3. The highest BCUT2D eigenvalue weighted by Crippen LogP contribution is 2.23. The van der Waals surface area contributed by atoms with Gasteiger partial charge in [-0.15, -0.1) is 0 Å². The molecule has 5 nitrogen and oxygen atoms in total. The number of benzene rings is 1. The Balaban J connectivity index is 2.37. The molecule has 1 aromatic carbocycles. The predicted molar refractivity (Wildman–Crippen MR) is 98.4 cm³/mol. The van der Waals surface area contributed by atoms with Crippen LogP contribution in [0.2, 0.25) is 10.0 Å². The maximum atomic E-state index is 12.8. The molecule has 1 atom stereocenters. The molecule has 1 amide bonds. The van der Waals surface area contributed by atoms with Crippen molar-refractivity contribution in [1.29, 1.82) is 0 Å². The zero-order chi connectivity index (χ0) is 18.4. The molecule has 0 radical (unpaired) electrons. The third kappa shape index (κ3) is 5.55. The Morgan fingerprint density at radius 2 is 1.92 bits per heavy atom. The van der Waals surface area contributed by atoms with Gasteiger partial charge in [-0.05, 0) is 24.3 Å². The van der Waals surface area contributed by atoms with Crippen molar-refractivity contribution in [2.24, 2.45) is 4.36 Å². The molecule has 1 unspecified atom stereocenters. The molecule has 1 heterocycles. The SMILES string of the molecule is CS(=O)(=NC(=O)c1cncc(C#CCCO)c1)c1cc(Cl)cc(Cl)c1. The highest BCUT2D eigenvalue weighted by atomic mass is 35.5. The van der Waals surface area contributed by atoms with Gasteiger partial charge in [0, 0.05) is 40.7 Å². The summed E-state index contributed by atoms with van der Waals surface area (Å²) in [4.78, 5) is 16.5. The predicted octanol–water partition coefficient (Wildman–Crippen LogP) is 3.42. The Morgan fingerprint density at radius 1 is 1.24 bits per heavy atom. The van der Waals surface area contributed by atoms with E-state index < -0.39 is 15.6 Å². The Hall–Kier alpha value is -1.91. The van der Waals surface area contributed by atoms with Crippen molar-refractivity contribution in [3.8, 4) is 11.8 Å². The first-order chi connectivity index (χ1) is 11.8. The second-order valence-corrected chi connectivity index (χ2v) is 8.17. The fourth-order valence-electron chi connectivity index (χ4n) is 1.86. The van der Waals surface area contributed by atoms with Crippen LogP contribution >= 0.6 is 23.2 Å². The molecule has 0 saturated heterocycles. The molecule has 130 valence electrons. The third-order valence-corrected chi connectivity index (χ3v) is 5.05. The number of amides is 1. The summed E-state index contributed by atoms with van der Waals surface area (Å²) in [5, 5.41) is 9.34. The number of halogens is 2. The van der Waals surface area contributed by atoms with Gasteiger partial charge in [0.25, 0.3) is 5.91 Å². The van der Waals surface area contributed by atoms with Crippen LogP contribution in [-0.2, 0) is 9.73 Å². The number of aromatic nitrogens is 1. The minimum Gasteiger partial charge on any atom is -0.395 e. The van der Waals surface area contributed by atoms with Gasteiger partial charge in [-0.25, -0.2) is 4.21 Å². The molecular weight excluding hydrogens is 383 g/mol. The summed E-state index contributed by atoms with van der Waals surface area (Å²) in [5.41, 5.74) is 0.668. The Bertz CT molecular complexity index is 967. The van der Waals surface area contributed by atoms with Gasteiger partial charge in [0.15, 0.2) is 0 Å². The van der Waals surface area contributed by atoms with Gasteiger partial charge in [-0.1, -0.05) is 35.0 Å². The first-order valence-electron chi connectivity index (χ1n) is 7.09. The van der Waals surface area contributed by atoms with E-state index in [-0.39, 0.29) is 17.1 Å². The number of pyridine rings is 1. The Morgan fingerprint density at radius 3 is 2.56 bits per heavy atom. The van der Waals surface area contributed by atoms with Gasteiger partial charge < -0.3 is 5.11 Å². The highest BCUT2D eigenvalue weighted by molar-refractivity contribution is 7.93. The fourth-order valence-corrected chi connectivity index (χ4v) is 3.73. The van der Waals surface area contributed by atoms with Crippen LogP contribution in [-0.4, -0.2) is 33.1 Å². The van der Waals surface area contributed by atoms with Gasteiger partial charge in [0.1, 0.15) is 0 Å². The highest BCUT2D eigenvalue weighted by Gasteiger charge is 2.13. The lowest BCUT2D eigenvalue weighted by Gasteiger charge is -2.05. The summed E-state index contributed by atoms with van der Waals surface area (Å²) in [7, 11) is -3.03. The lowest BCUT2D eigenvalue weighted by molar-refractivity contribution is 0.100. The normalized spacial score (nSPS) is 12.6. The van der Waals surface area contributed by atoms with E-state index in [1.54, 1.807) is 0 Å². The van der Waals surface area contributed by atoms with Crippen molar-refractivity contribution >= 4 is 38.8 Å². The lowest BCUT2D eigenvalue weighted by atomic mass is 10.2. The average molecular weight is 397 g/mol. The zero-order valence-corrected chi connectivity index (χ0v) is 15.5. The number of aliphatic hydroxyl groups is 1. The minimum atomic E-state index is -3.03. The number of nitrogens with zero attached hydrogens (tertiary/aromatic N) is 2. The second kappa shape index (κ2) is 8.45. The van der Waals surface area contributed by atoms with Crippen LogP contribution < -0.4 is 0 Å². The molecular formula is C17H14Cl2N2O3S. The second-order valence-electron chi connectivity index (χ2n) is 5.04. The van der Waals surface area contributed by atoms with Crippen molar-refractivity contribution in [2.75, 3.05) is 12.9 Å².